The molecule has 10 nitrogen and oxygen atoms in total. The molecule has 0 radical (unpaired) electrons. The lowest BCUT2D eigenvalue weighted by molar-refractivity contribution is -0.153. The summed E-state index contributed by atoms with van der Waals surface area (Å²) in [5.74, 6) is -9.03. The van der Waals surface area contributed by atoms with E-state index in [9.17, 15) is 48.0 Å². The number of halogens is 3. The Morgan fingerprint density at radius 2 is 1.74 bits per heavy atom. The van der Waals surface area contributed by atoms with Crippen molar-refractivity contribution in [2.75, 3.05) is 27.2 Å². The van der Waals surface area contributed by atoms with E-state index in [4.69, 9.17) is 5.73 Å². The van der Waals surface area contributed by atoms with Gasteiger partial charge in [-0.25, -0.2) is 0 Å². The van der Waals surface area contributed by atoms with Crippen molar-refractivity contribution in [3.8, 4) is 5.75 Å². The Bertz CT molecular complexity index is 1460. The molecule has 3 aliphatic carbocycles. The van der Waals surface area contributed by atoms with Crippen LogP contribution in [0.4, 0.5) is 13.2 Å². The zero-order valence-electron chi connectivity index (χ0n) is 25.0. The molecule has 4 rings (SSSR count). The molecule has 1 aromatic rings. The van der Waals surface area contributed by atoms with E-state index in [2.05, 4.69) is 0 Å². The number of primary amides is 1. The smallest absolute Gasteiger partial charge is 0.417 e. The van der Waals surface area contributed by atoms with Crippen LogP contribution in [0.15, 0.2) is 23.0 Å². The van der Waals surface area contributed by atoms with Crippen LogP contribution in [-0.4, -0.2) is 86.5 Å². The maximum Gasteiger partial charge on any atom is 0.417 e. The molecule has 1 aromatic carbocycles. The van der Waals surface area contributed by atoms with Gasteiger partial charge in [0.1, 0.15) is 22.8 Å². The molecule has 43 heavy (non-hydrogen) atoms. The Balaban J connectivity index is 1.95. The lowest BCUT2D eigenvalue weighted by Crippen LogP contribution is -2.65. The number of hydrogen-bond donors (Lipinski definition) is 5. The summed E-state index contributed by atoms with van der Waals surface area (Å²) in [7, 11) is 2.88. The van der Waals surface area contributed by atoms with E-state index >= 15 is 0 Å². The normalized spacial score (nSPS) is 26.2. The van der Waals surface area contributed by atoms with Gasteiger partial charge in [0.25, 0.3) is 5.91 Å². The predicted molar refractivity (Wildman–Crippen MR) is 150 cm³/mol. The molecule has 13 heteroatoms. The number of phenolic OH excluding ortho intramolecular Hbond substituents is 1. The van der Waals surface area contributed by atoms with Gasteiger partial charge in [-0.3, -0.25) is 24.2 Å². The lowest BCUT2D eigenvalue weighted by atomic mass is 9.57. The molecule has 0 saturated heterocycles. The first kappa shape index (κ1) is 32.5. The molecule has 0 aromatic heterocycles. The molecule has 4 atom stereocenters. The minimum atomic E-state index is -4.89. The second-order valence-corrected chi connectivity index (χ2v) is 13.1. The van der Waals surface area contributed by atoms with Crippen molar-refractivity contribution >= 4 is 23.2 Å². The van der Waals surface area contributed by atoms with Gasteiger partial charge >= 0.3 is 6.18 Å². The lowest BCUT2D eigenvalue weighted by Gasteiger charge is -2.50. The summed E-state index contributed by atoms with van der Waals surface area (Å²) in [6.45, 7) is 8.43. The van der Waals surface area contributed by atoms with Crippen molar-refractivity contribution in [3.63, 3.8) is 0 Å². The summed E-state index contributed by atoms with van der Waals surface area (Å²) in [6, 6.07) is -0.409. The highest BCUT2D eigenvalue weighted by molar-refractivity contribution is 6.24. The number of likely N-dealkylation sites (N-methyl/N-ethyl adjacent to an activating group) is 1. The number of ketones is 2. The van der Waals surface area contributed by atoms with Crippen molar-refractivity contribution < 1.29 is 48.0 Å². The summed E-state index contributed by atoms with van der Waals surface area (Å²) in [6.07, 6.45) is -5.65. The van der Waals surface area contributed by atoms with Crippen molar-refractivity contribution in [2.45, 2.75) is 64.9 Å². The Labute approximate surface area is 247 Å². The number of carbonyl (C=O) groups excluding carboxylic acids is 3. The van der Waals surface area contributed by atoms with Gasteiger partial charge in [0.2, 0.25) is 5.78 Å². The number of hydrogen-bond acceptors (Lipinski definition) is 9. The van der Waals surface area contributed by atoms with Crippen LogP contribution in [-0.2, 0) is 33.5 Å². The summed E-state index contributed by atoms with van der Waals surface area (Å²) in [5.41, 5.74) is -1.50. The van der Waals surface area contributed by atoms with Gasteiger partial charge in [-0.1, -0.05) is 27.7 Å². The van der Waals surface area contributed by atoms with E-state index in [1.165, 1.54) is 19.0 Å². The summed E-state index contributed by atoms with van der Waals surface area (Å²) < 4.78 is 44.3. The third-order valence-corrected chi connectivity index (χ3v) is 8.63. The standard InChI is InChI=1S/C30H38F3N3O7/c1-7-36(12-28(2,3)4)11-14-10-17(37)19-15(21(14)30(31,32)33)8-13-9-16-22(35(5)6)24(39)20(27(34)42)26(41)29(16,43)25(40)18(13)23(19)38/h10,13,16,22,37-38,41,43H,7-9,11-12H2,1-6H3,(H2,34,42)/t13-,16-,22-,29-/m0/s1. The third kappa shape index (κ3) is 5.21. The molecular weight excluding hydrogens is 571 g/mol. The van der Waals surface area contributed by atoms with E-state index in [0.29, 0.717) is 13.1 Å². The largest absolute Gasteiger partial charge is 0.508 e. The molecule has 0 unspecified atom stereocenters. The highest BCUT2D eigenvalue weighted by atomic mass is 19.4. The van der Waals surface area contributed by atoms with E-state index in [1.54, 1.807) is 0 Å². The number of amides is 1. The molecule has 6 N–H and O–H groups in total. The summed E-state index contributed by atoms with van der Waals surface area (Å²) in [4.78, 5) is 42.4. The number of aliphatic hydroxyl groups excluding tert-OH is 2. The number of rotatable bonds is 6. The highest BCUT2D eigenvalue weighted by Crippen LogP contribution is 2.54. The Hall–Kier alpha value is -3.42. The number of carbonyl (C=O) groups is 3. The number of nitrogens with zero attached hydrogens (tertiary/aromatic N) is 2. The zero-order valence-corrected chi connectivity index (χ0v) is 25.0. The Kier molecular flexibility index (Phi) is 8.04. The van der Waals surface area contributed by atoms with Crippen molar-refractivity contribution in [1.82, 2.24) is 9.80 Å². The topological polar surface area (TPSA) is 165 Å². The van der Waals surface area contributed by atoms with Gasteiger partial charge in [0.15, 0.2) is 11.4 Å². The average molecular weight is 610 g/mol. The fourth-order valence-corrected chi connectivity index (χ4v) is 7.05. The number of phenols is 1. The van der Waals surface area contributed by atoms with Gasteiger partial charge < -0.3 is 26.2 Å². The monoisotopic (exact) mass is 609 g/mol. The van der Waals surface area contributed by atoms with Gasteiger partial charge in [-0.15, -0.1) is 0 Å². The first-order valence-corrected chi connectivity index (χ1v) is 14.0. The number of Topliss-reactive ketones (excluding diaryl/α,β-unsaturated/α-hetero) is 2. The molecule has 236 valence electrons. The van der Waals surface area contributed by atoms with Crippen molar-refractivity contribution in [1.29, 1.82) is 0 Å². The molecule has 1 fully saturated rings. The Morgan fingerprint density at radius 1 is 1.14 bits per heavy atom. The van der Waals surface area contributed by atoms with Crippen LogP contribution in [0.5, 0.6) is 5.75 Å². The Morgan fingerprint density at radius 3 is 2.23 bits per heavy atom. The van der Waals surface area contributed by atoms with Crippen LogP contribution in [0.3, 0.4) is 0 Å². The average Bonchev–Trinajstić information content (AvgIpc) is 2.83. The van der Waals surface area contributed by atoms with E-state index in [1.807, 2.05) is 32.6 Å². The van der Waals surface area contributed by atoms with E-state index in [0.717, 1.165) is 6.07 Å². The second-order valence-electron chi connectivity index (χ2n) is 13.1. The van der Waals surface area contributed by atoms with Gasteiger partial charge in [0.05, 0.1) is 17.2 Å². The molecular formula is C30H38F3N3O7. The van der Waals surface area contributed by atoms with Crippen LogP contribution in [0.25, 0.3) is 5.76 Å². The predicted octanol–water partition coefficient (Wildman–Crippen LogP) is 2.85. The van der Waals surface area contributed by atoms with Gasteiger partial charge in [-0.05, 0) is 62.0 Å². The summed E-state index contributed by atoms with van der Waals surface area (Å²) in [5, 5.41) is 44.9. The van der Waals surface area contributed by atoms with Crippen molar-refractivity contribution in [2.24, 2.45) is 23.0 Å². The number of aromatic hydroxyl groups is 1. The number of alkyl halides is 3. The molecule has 1 saturated carbocycles. The first-order valence-electron chi connectivity index (χ1n) is 14.0. The number of aliphatic hydroxyl groups is 3. The quantitative estimate of drug-likeness (QED) is 0.305. The molecule has 1 amide bonds. The van der Waals surface area contributed by atoms with Crippen LogP contribution in [0, 0.1) is 17.3 Å². The SMILES string of the molecule is CCN(Cc1cc(O)c2c(c1C(F)(F)F)C[C@H]1C[C@H]3[C@H](N(C)C)C(=O)C(C(N)=O)=C(O)[C@@]3(O)C(=O)C1=C2O)CC(C)(C)C. The third-order valence-electron chi connectivity index (χ3n) is 8.63. The number of fused-ring (bicyclic) bond motifs is 3. The zero-order chi connectivity index (χ0) is 32.6. The van der Waals surface area contributed by atoms with E-state index in [-0.39, 0.29) is 23.9 Å². The maximum atomic E-state index is 14.8. The van der Waals surface area contributed by atoms with Crippen molar-refractivity contribution in [3.05, 3.63) is 45.2 Å². The second kappa shape index (κ2) is 10.6. The minimum Gasteiger partial charge on any atom is -0.508 e. The summed E-state index contributed by atoms with van der Waals surface area (Å²) >= 11 is 0. The van der Waals surface area contributed by atoms with Gasteiger partial charge in [0, 0.05) is 24.6 Å². The van der Waals surface area contributed by atoms with Gasteiger partial charge in [-0.2, -0.15) is 13.2 Å². The first-order chi connectivity index (χ1) is 19.7. The number of nitrogens with two attached hydrogens (primary N) is 1. The number of benzene rings is 1. The fraction of sp³-hybridized carbons (Fsp3) is 0.567. The van der Waals surface area contributed by atoms with Crippen LogP contribution >= 0.6 is 0 Å². The minimum absolute atomic E-state index is 0.140. The maximum absolute atomic E-state index is 14.8. The molecule has 3 aliphatic rings. The molecule has 0 aliphatic heterocycles. The molecule has 0 heterocycles. The molecule has 0 spiro atoms. The van der Waals surface area contributed by atoms with Crippen LogP contribution < -0.4 is 5.73 Å². The fourth-order valence-electron chi connectivity index (χ4n) is 7.05. The van der Waals surface area contributed by atoms with Crippen LogP contribution in [0.1, 0.15) is 56.4 Å². The molecule has 0 bridgehead atoms. The van der Waals surface area contributed by atoms with Crippen LogP contribution in [0.2, 0.25) is 0 Å². The van der Waals surface area contributed by atoms with E-state index < -0.39 is 98.7 Å². The highest BCUT2D eigenvalue weighted by Gasteiger charge is 2.64.